The fourth-order valence-corrected chi connectivity index (χ4v) is 5.49. The Hall–Kier alpha value is -1.59. The topological polar surface area (TPSA) is 76.0 Å². The van der Waals surface area contributed by atoms with Crippen molar-refractivity contribution in [2.24, 2.45) is 17.8 Å². The standard InChI is InChI=1S/C26H40O5/c1-3-5-6-9-20(27)11-12-21-22-14-18-8-7-10-25(31-17-26(29)30-13-4-2)23(18)15-19(22)16-24(21)28/h7-8,10,19-22,24,27-28H,3-6,9,11-17H2,1-2H3. The molecule has 5 atom stereocenters. The number of rotatable bonds is 12. The summed E-state index contributed by atoms with van der Waals surface area (Å²) < 4.78 is 10.9. The summed E-state index contributed by atoms with van der Waals surface area (Å²) in [7, 11) is 0. The molecule has 1 aromatic carbocycles. The molecule has 5 unspecified atom stereocenters. The monoisotopic (exact) mass is 432 g/mol. The smallest absolute Gasteiger partial charge is 0.344 e. The number of esters is 1. The largest absolute Gasteiger partial charge is 0.482 e. The van der Waals surface area contributed by atoms with Crippen molar-refractivity contribution in [3.05, 3.63) is 29.3 Å². The minimum Gasteiger partial charge on any atom is -0.482 e. The summed E-state index contributed by atoms with van der Waals surface area (Å²) in [5.41, 5.74) is 2.45. The molecular weight excluding hydrogens is 392 g/mol. The number of carbonyl (C=O) groups excluding carboxylic acids is 1. The fourth-order valence-electron chi connectivity index (χ4n) is 5.49. The van der Waals surface area contributed by atoms with Gasteiger partial charge in [-0.25, -0.2) is 4.79 Å². The molecule has 5 nitrogen and oxygen atoms in total. The normalized spacial score (nSPS) is 25.5. The zero-order valence-electron chi connectivity index (χ0n) is 19.2. The maximum Gasteiger partial charge on any atom is 0.344 e. The molecule has 5 heteroatoms. The second-order valence-corrected chi connectivity index (χ2v) is 9.43. The highest BCUT2D eigenvalue weighted by Crippen LogP contribution is 2.48. The number of unbranched alkanes of at least 4 members (excludes halogenated alkanes) is 2. The molecule has 2 aliphatic carbocycles. The minimum atomic E-state index is -0.331. The summed E-state index contributed by atoms with van der Waals surface area (Å²) in [5.74, 6) is 1.58. The first-order valence-electron chi connectivity index (χ1n) is 12.3. The van der Waals surface area contributed by atoms with Crippen molar-refractivity contribution in [2.45, 2.75) is 90.3 Å². The van der Waals surface area contributed by atoms with Crippen LogP contribution in [0.3, 0.4) is 0 Å². The predicted octanol–water partition coefficient (Wildman–Crippen LogP) is 4.45. The van der Waals surface area contributed by atoms with Crippen LogP contribution in [0.5, 0.6) is 5.75 Å². The lowest BCUT2D eigenvalue weighted by Gasteiger charge is -2.32. The highest BCUT2D eigenvalue weighted by Gasteiger charge is 2.44. The summed E-state index contributed by atoms with van der Waals surface area (Å²) in [6, 6.07) is 6.07. The van der Waals surface area contributed by atoms with Crippen molar-refractivity contribution < 1.29 is 24.5 Å². The molecule has 31 heavy (non-hydrogen) atoms. The lowest BCUT2D eigenvalue weighted by atomic mass is 9.73. The van der Waals surface area contributed by atoms with Crippen molar-refractivity contribution in [2.75, 3.05) is 13.2 Å². The van der Waals surface area contributed by atoms with E-state index >= 15 is 0 Å². The highest BCUT2D eigenvalue weighted by atomic mass is 16.6. The fraction of sp³-hybridized carbons (Fsp3) is 0.731. The van der Waals surface area contributed by atoms with E-state index in [1.165, 1.54) is 24.0 Å². The van der Waals surface area contributed by atoms with Gasteiger partial charge in [0.1, 0.15) is 5.75 Å². The van der Waals surface area contributed by atoms with E-state index < -0.39 is 0 Å². The van der Waals surface area contributed by atoms with Crippen LogP contribution >= 0.6 is 0 Å². The molecule has 0 spiro atoms. The first-order chi connectivity index (χ1) is 15.0. The van der Waals surface area contributed by atoms with Gasteiger partial charge in [-0.3, -0.25) is 0 Å². The van der Waals surface area contributed by atoms with Crippen molar-refractivity contribution in [1.29, 1.82) is 0 Å². The van der Waals surface area contributed by atoms with E-state index in [4.69, 9.17) is 9.47 Å². The molecule has 174 valence electrons. The quantitative estimate of drug-likeness (QED) is 0.377. The van der Waals surface area contributed by atoms with E-state index in [0.29, 0.717) is 18.4 Å². The lowest BCUT2D eigenvalue weighted by molar-refractivity contribution is -0.146. The molecule has 0 radical (unpaired) electrons. The minimum absolute atomic E-state index is 0.0638. The number of benzene rings is 1. The van der Waals surface area contributed by atoms with Gasteiger partial charge in [0.25, 0.3) is 0 Å². The Morgan fingerprint density at radius 1 is 1.16 bits per heavy atom. The zero-order chi connectivity index (χ0) is 22.2. The molecule has 2 N–H and O–H groups in total. The number of ether oxygens (including phenoxy) is 2. The van der Waals surface area contributed by atoms with Crippen molar-refractivity contribution in [3.63, 3.8) is 0 Å². The molecule has 0 heterocycles. The van der Waals surface area contributed by atoms with Crippen LogP contribution in [-0.2, 0) is 22.4 Å². The lowest BCUT2D eigenvalue weighted by Crippen LogP contribution is -2.28. The SMILES string of the molecule is CCCCCC(O)CCC1C(O)CC2Cc3c(cccc3OCC(=O)OCCC)CC21. The number of hydrogen-bond donors (Lipinski definition) is 2. The Balaban J connectivity index is 1.59. The van der Waals surface area contributed by atoms with Gasteiger partial charge >= 0.3 is 5.97 Å². The van der Waals surface area contributed by atoms with Crippen LogP contribution in [0.15, 0.2) is 18.2 Å². The van der Waals surface area contributed by atoms with E-state index in [1.807, 2.05) is 19.1 Å². The third-order valence-corrected chi connectivity index (χ3v) is 7.13. The van der Waals surface area contributed by atoms with Crippen LogP contribution < -0.4 is 4.74 Å². The molecule has 2 aliphatic rings. The average molecular weight is 433 g/mol. The van der Waals surface area contributed by atoms with Crippen LogP contribution in [0, 0.1) is 17.8 Å². The van der Waals surface area contributed by atoms with Gasteiger partial charge in [0.15, 0.2) is 6.61 Å². The van der Waals surface area contributed by atoms with Gasteiger partial charge in [0, 0.05) is 0 Å². The number of fused-ring (bicyclic) bond motifs is 2. The Labute approximate surface area is 187 Å². The van der Waals surface area contributed by atoms with E-state index in [1.54, 1.807) is 0 Å². The average Bonchev–Trinajstić information content (AvgIpc) is 3.07. The van der Waals surface area contributed by atoms with Gasteiger partial charge in [0.2, 0.25) is 0 Å². The molecule has 0 bridgehead atoms. The van der Waals surface area contributed by atoms with Gasteiger partial charge in [-0.2, -0.15) is 0 Å². The predicted molar refractivity (Wildman–Crippen MR) is 121 cm³/mol. The van der Waals surface area contributed by atoms with E-state index in [2.05, 4.69) is 13.0 Å². The second kappa shape index (κ2) is 11.9. The Bertz CT molecular complexity index is 703. The van der Waals surface area contributed by atoms with E-state index in [9.17, 15) is 15.0 Å². The number of aliphatic hydroxyl groups is 2. The molecule has 3 rings (SSSR count). The maximum absolute atomic E-state index is 11.8. The van der Waals surface area contributed by atoms with Crippen LogP contribution in [0.25, 0.3) is 0 Å². The van der Waals surface area contributed by atoms with Gasteiger partial charge in [0.05, 0.1) is 18.8 Å². The first kappa shape index (κ1) is 24.1. The summed E-state index contributed by atoms with van der Waals surface area (Å²) in [4.78, 5) is 11.8. The third-order valence-electron chi connectivity index (χ3n) is 7.13. The summed E-state index contributed by atoms with van der Waals surface area (Å²) in [6.45, 7) is 4.50. The van der Waals surface area contributed by atoms with Crippen molar-refractivity contribution >= 4 is 5.97 Å². The summed E-state index contributed by atoms with van der Waals surface area (Å²) in [6.07, 6.45) is 8.86. The number of hydrogen-bond acceptors (Lipinski definition) is 5. The zero-order valence-corrected chi connectivity index (χ0v) is 19.2. The molecule has 0 amide bonds. The maximum atomic E-state index is 11.8. The molecule has 1 aromatic rings. The molecule has 0 saturated heterocycles. The van der Waals surface area contributed by atoms with Crippen LogP contribution in [0.4, 0.5) is 0 Å². The molecule has 1 saturated carbocycles. The summed E-state index contributed by atoms with van der Waals surface area (Å²) in [5, 5.41) is 21.1. The highest BCUT2D eigenvalue weighted by molar-refractivity contribution is 5.71. The Kier molecular flexibility index (Phi) is 9.21. The van der Waals surface area contributed by atoms with Crippen molar-refractivity contribution in [1.82, 2.24) is 0 Å². The Morgan fingerprint density at radius 2 is 2.00 bits per heavy atom. The first-order valence-corrected chi connectivity index (χ1v) is 12.3. The Morgan fingerprint density at radius 3 is 2.77 bits per heavy atom. The molecule has 0 aromatic heterocycles. The summed E-state index contributed by atoms with van der Waals surface area (Å²) >= 11 is 0. The van der Waals surface area contributed by atoms with Crippen LogP contribution in [0.2, 0.25) is 0 Å². The van der Waals surface area contributed by atoms with Gasteiger partial charge in [-0.05, 0) is 79.9 Å². The number of aliphatic hydroxyl groups excluding tert-OH is 2. The second-order valence-electron chi connectivity index (χ2n) is 9.43. The number of carbonyl (C=O) groups is 1. The third kappa shape index (κ3) is 6.45. The molecular formula is C26H40O5. The molecule has 1 fully saturated rings. The van der Waals surface area contributed by atoms with Gasteiger partial charge in [-0.1, -0.05) is 45.2 Å². The van der Waals surface area contributed by atoms with Crippen molar-refractivity contribution in [3.8, 4) is 5.75 Å². The van der Waals surface area contributed by atoms with E-state index in [0.717, 1.165) is 57.1 Å². The van der Waals surface area contributed by atoms with Crippen LogP contribution in [-0.4, -0.2) is 41.6 Å². The van der Waals surface area contributed by atoms with Gasteiger partial charge in [-0.15, -0.1) is 0 Å². The van der Waals surface area contributed by atoms with Gasteiger partial charge < -0.3 is 19.7 Å². The molecule has 0 aliphatic heterocycles. The van der Waals surface area contributed by atoms with E-state index in [-0.39, 0.29) is 30.7 Å². The van der Waals surface area contributed by atoms with Crippen LogP contribution in [0.1, 0.15) is 76.3 Å².